The van der Waals surface area contributed by atoms with Crippen LogP contribution in [0.5, 0.6) is 0 Å². The number of hydrogen-bond donors (Lipinski definition) is 1. The highest BCUT2D eigenvalue weighted by Crippen LogP contribution is 1.99. The van der Waals surface area contributed by atoms with Crippen LogP contribution in [0.25, 0.3) is 0 Å². The molecule has 0 heterocycles. The Balaban J connectivity index is 2.24. The Morgan fingerprint density at radius 3 is 2.71 bits per heavy atom. The Bertz CT molecular complexity index is 304. The molecule has 1 rings (SSSR count). The van der Waals surface area contributed by atoms with Crippen molar-refractivity contribution in [2.24, 2.45) is 0 Å². The third kappa shape index (κ3) is 4.30. The fraction of sp³-hybridized carbons (Fsp3) is 0.182. The van der Waals surface area contributed by atoms with Crippen LogP contribution >= 0.6 is 0 Å². The molecule has 0 bridgehead atoms. The molecule has 0 spiro atoms. The predicted octanol–water partition coefficient (Wildman–Crippen LogP) is 1.84. The molecule has 0 aliphatic rings. The van der Waals surface area contributed by atoms with Crippen LogP contribution < -0.4 is 0 Å². The Kier molecular flexibility index (Phi) is 4.27. The summed E-state index contributed by atoms with van der Waals surface area (Å²) in [6.07, 6.45) is 3.96. The van der Waals surface area contributed by atoms with Gasteiger partial charge in [-0.05, 0) is 18.1 Å². The SMILES string of the molecule is O=C(O)COC=CCc1ccccc1. The van der Waals surface area contributed by atoms with Gasteiger partial charge in [0.05, 0.1) is 6.26 Å². The van der Waals surface area contributed by atoms with Gasteiger partial charge in [-0.25, -0.2) is 4.79 Å². The Morgan fingerprint density at radius 1 is 1.36 bits per heavy atom. The van der Waals surface area contributed by atoms with Crippen molar-refractivity contribution in [3.05, 3.63) is 48.2 Å². The van der Waals surface area contributed by atoms with Crippen molar-refractivity contribution < 1.29 is 14.6 Å². The molecule has 74 valence electrons. The van der Waals surface area contributed by atoms with Gasteiger partial charge in [0.2, 0.25) is 0 Å². The first-order valence-electron chi connectivity index (χ1n) is 4.31. The zero-order valence-electron chi connectivity index (χ0n) is 7.72. The number of rotatable bonds is 5. The number of hydrogen-bond acceptors (Lipinski definition) is 2. The van der Waals surface area contributed by atoms with E-state index in [0.717, 1.165) is 6.42 Å². The average Bonchev–Trinajstić information content (AvgIpc) is 2.18. The van der Waals surface area contributed by atoms with Crippen LogP contribution in [0.4, 0.5) is 0 Å². The minimum absolute atomic E-state index is 0.286. The molecular weight excluding hydrogens is 180 g/mol. The van der Waals surface area contributed by atoms with Crippen LogP contribution in [0.2, 0.25) is 0 Å². The van der Waals surface area contributed by atoms with Crippen molar-refractivity contribution in [1.29, 1.82) is 0 Å². The van der Waals surface area contributed by atoms with Crippen LogP contribution in [0.3, 0.4) is 0 Å². The van der Waals surface area contributed by atoms with Gasteiger partial charge < -0.3 is 9.84 Å². The fourth-order valence-electron chi connectivity index (χ4n) is 0.986. The average molecular weight is 192 g/mol. The summed E-state index contributed by atoms with van der Waals surface area (Å²) in [6.45, 7) is -0.286. The first-order valence-corrected chi connectivity index (χ1v) is 4.31. The second-order valence-electron chi connectivity index (χ2n) is 2.77. The van der Waals surface area contributed by atoms with E-state index in [4.69, 9.17) is 9.84 Å². The van der Waals surface area contributed by atoms with Gasteiger partial charge in [0, 0.05) is 0 Å². The molecule has 0 atom stereocenters. The number of aliphatic carboxylic acids is 1. The van der Waals surface area contributed by atoms with Gasteiger partial charge in [-0.3, -0.25) is 0 Å². The topological polar surface area (TPSA) is 46.5 Å². The Morgan fingerprint density at radius 2 is 2.07 bits per heavy atom. The van der Waals surface area contributed by atoms with E-state index in [2.05, 4.69) is 0 Å². The lowest BCUT2D eigenvalue weighted by Crippen LogP contribution is -2.02. The van der Waals surface area contributed by atoms with Gasteiger partial charge in [0.1, 0.15) is 0 Å². The lowest BCUT2D eigenvalue weighted by Gasteiger charge is -1.95. The smallest absolute Gasteiger partial charge is 0.341 e. The minimum atomic E-state index is -0.964. The Labute approximate surface area is 82.6 Å². The summed E-state index contributed by atoms with van der Waals surface area (Å²) in [5.41, 5.74) is 1.17. The zero-order chi connectivity index (χ0) is 10.2. The van der Waals surface area contributed by atoms with E-state index < -0.39 is 5.97 Å². The molecular formula is C11H12O3. The first kappa shape index (κ1) is 10.3. The number of ether oxygens (including phenoxy) is 1. The van der Waals surface area contributed by atoms with Crippen molar-refractivity contribution in [3.63, 3.8) is 0 Å². The fourth-order valence-corrected chi connectivity index (χ4v) is 0.986. The molecule has 0 unspecified atom stereocenters. The van der Waals surface area contributed by atoms with Gasteiger partial charge in [0.15, 0.2) is 6.61 Å². The van der Waals surface area contributed by atoms with Gasteiger partial charge in [-0.2, -0.15) is 0 Å². The van der Waals surface area contributed by atoms with Crippen LogP contribution in [-0.2, 0) is 16.0 Å². The molecule has 14 heavy (non-hydrogen) atoms. The molecule has 0 amide bonds. The first-order chi connectivity index (χ1) is 6.79. The zero-order valence-corrected chi connectivity index (χ0v) is 7.72. The molecule has 0 fully saturated rings. The van der Waals surface area contributed by atoms with Crippen molar-refractivity contribution >= 4 is 5.97 Å². The summed E-state index contributed by atoms with van der Waals surface area (Å²) in [5.74, 6) is -0.964. The molecule has 0 radical (unpaired) electrons. The number of allylic oxidation sites excluding steroid dienone is 1. The normalized spacial score (nSPS) is 10.3. The summed E-state index contributed by atoms with van der Waals surface area (Å²) >= 11 is 0. The van der Waals surface area contributed by atoms with Gasteiger partial charge in [-0.1, -0.05) is 30.3 Å². The summed E-state index contributed by atoms with van der Waals surface area (Å²) in [5, 5.41) is 8.27. The van der Waals surface area contributed by atoms with E-state index in [1.165, 1.54) is 11.8 Å². The third-order valence-electron chi connectivity index (χ3n) is 1.60. The van der Waals surface area contributed by atoms with E-state index >= 15 is 0 Å². The number of carboxylic acid groups (broad SMARTS) is 1. The molecule has 0 saturated carbocycles. The van der Waals surface area contributed by atoms with Gasteiger partial charge >= 0.3 is 5.97 Å². The quantitative estimate of drug-likeness (QED) is 0.724. The molecule has 0 aromatic heterocycles. The van der Waals surface area contributed by atoms with E-state index in [-0.39, 0.29) is 6.61 Å². The van der Waals surface area contributed by atoms with E-state index in [1.54, 1.807) is 6.08 Å². The van der Waals surface area contributed by atoms with E-state index in [9.17, 15) is 4.79 Å². The van der Waals surface area contributed by atoms with Crippen molar-refractivity contribution in [2.75, 3.05) is 6.61 Å². The van der Waals surface area contributed by atoms with Crippen LogP contribution in [0.15, 0.2) is 42.7 Å². The number of carboxylic acids is 1. The van der Waals surface area contributed by atoms with Crippen molar-refractivity contribution in [2.45, 2.75) is 6.42 Å². The van der Waals surface area contributed by atoms with E-state index in [1.807, 2.05) is 30.3 Å². The molecule has 3 heteroatoms. The third-order valence-corrected chi connectivity index (χ3v) is 1.60. The minimum Gasteiger partial charge on any atom is -0.490 e. The highest BCUT2D eigenvalue weighted by Gasteiger charge is 1.91. The summed E-state index contributed by atoms with van der Waals surface area (Å²) in [7, 11) is 0. The maximum Gasteiger partial charge on any atom is 0.341 e. The largest absolute Gasteiger partial charge is 0.490 e. The molecule has 1 aromatic carbocycles. The highest BCUT2D eigenvalue weighted by molar-refractivity contribution is 5.68. The maximum absolute atomic E-state index is 10.1. The molecule has 0 aliphatic heterocycles. The second kappa shape index (κ2) is 5.80. The Hall–Kier alpha value is -1.77. The van der Waals surface area contributed by atoms with Crippen LogP contribution in [0, 0.1) is 0 Å². The van der Waals surface area contributed by atoms with Crippen LogP contribution in [0.1, 0.15) is 5.56 Å². The predicted molar refractivity (Wildman–Crippen MR) is 52.9 cm³/mol. The summed E-state index contributed by atoms with van der Waals surface area (Å²) < 4.78 is 4.74. The molecule has 1 aromatic rings. The highest BCUT2D eigenvalue weighted by atomic mass is 16.5. The van der Waals surface area contributed by atoms with Crippen molar-refractivity contribution in [1.82, 2.24) is 0 Å². The summed E-state index contributed by atoms with van der Waals surface area (Å²) in [4.78, 5) is 10.1. The molecule has 3 nitrogen and oxygen atoms in total. The lowest BCUT2D eigenvalue weighted by molar-refractivity contribution is -0.140. The van der Waals surface area contributed by atoms with Crippen molar-refractivity contribution in [3.8, 4) is 0 Å². The summed E-state index contributed by atoms with van der Waals surface area (Å²) in [6, 6.07) is 9.87. The van der Waals surface area contributed by atoms with E-state index in [0.29, 0.717) is 0 Å². The van der Waals surface area contributed by atoms with Gasteiger partial charge in [0.25, 0.3) is 0 Å². The molecule has 1 N–H and O–H groups in total. The number of benzene rings is 1. The van der Waals surface area contributed by atoms with Gasteiger partial charge in [-0.15, -0.1) is 0 Å². The van der Waals surface area contributed by atoms with Crippen LogP contribution in [-0.4, -0.2) is 17.7 Å². The number of carbonyl (C=O) groups is 1. The second-order valence-corrected chi connectivity index (χ2v) is 2.77. The molecule has 0 aliphatic carbocycles. The monoisotopic (exact) mass is 192 g/mol. The maximum atomic E-state index is 10.1. The molecule has 0 saturated heterocycles. The lowest BCUT2D eigenvalue weighted by atomic mass is 10.2. The standard InChI is InChI=1S/C11H12O3/c12-11(13)9-14-8-4-7-10-5-2-1-3-6-10/h1-6,8H,7,9H2,(H,12,13).